The molecule has 2 heterocycles. The van der Waals surface area contributed by atoms with Gasteiger partial charge in [-0.25, -0.2) is 0 Å². The molecule has 2 N–H and O–H groups in total. The van der Waals surface area contributed by atoms with Gasteiger partial charge in [-0.15, -0.1) is 0 Å². The van der Waals surface area contributed by atoms with E-state index in [0.29, 0.717) is 53.4 Å². The van der Waals surface area contributed by atoms with E-state index >= 15 is 0 Å². The van der Waals surface area contributed by atoms with Crippen molar-refractivity contribution in [3.05, 3.63) is 74.5 Å². The lowest BCUT2D eigenvalue weighted by atomic mass is 10.0. The van der Waals surface area contributed by atoms with E-state index in [2.05, 4.69) is 10.2 Å². The first kappa shape index (κ1) is 22.3. The zero-order valence-electron chi connectivity index (χ0n) is 17.9. The quantitative estimate of drug-likeness (QED) is 0.597. The van der Waals surface area contributed by atoms with Crippen molar-refractivity contribution in [3.63, 3.8) is 0 Å². The van der Waals surface area contributed by atoms with Crippen molar-refractivity contribution in [2.75, 3.05) is 26.3 Å². The van der Waals surface area contributed by atoms with Crippen LogP contribution in [-0.2, 0) is 36.1 Å². The van der Waals surface area contributed by atoms with Crippen molar-refractivity contribution in [3.8, 4) is 5.75 Å². The Balaban J connectivity index is 1.53. The summed E-state index contributed by atoms with van der Waals surface area (Å²) in [4.78, 5) is 27.5. The van der Waals surface area contributed by atoms with Crippen LogP contribution < -0.4 is 10.9 Å². The van der Waals surface area contributed by atoms with E-state index in [1.807, 2.05) is 12.1 Å². The van der Waals surface area contributed by atoms with Gasteiger partial charge in [0.2, 0.25) is 5.91 Å². The zero-order valence-corrected chi connectivity index (χ0v) is 18.7. The van der Waals surface area contributed by atoms with Crippen LogP contribution in [0.15, 0.2) is 47.3 Å². The molecule has 0 aliphatic carbocycles. The number of phenols is 1. The summed E-state index contributed by atoms with van der Waals surface area (Å²) in [5, 5.41) is 15.0. The molecule has 0 spiro atoms. The second kappa shape index (κ2) is 9.73. The number of nitrogens with one attached hydrogen (secondary N) is 1. The largest absolute Gasteiger partial charge is 0.507 e. The molecule has 0 unspecified atom stereocenters. The molecule has 0 saturated carbocycles. The standard InChI is InChI=1S/C24H26ClN3O4/c1-27-21-7-4-17(13-22(29)26-14-16-2-5-19(25)6-3-16)23(30)20(21)12-18(24(27)31)15-28-8-10-32-11-9-28/h2-7,12,30H,8-11,13-15H2,1H3,(H,26,29). The number of aromatic hydroxyl groups is 1. The Labute approximate surface area is 191 Å². The molecule has 3 aromatic rings. The molecule has 1 aliphatic heterocycles. The second-order valence-electron chi connectivity index (χ2n) is 8.01. The Morgan fingerprint density at radius 2 is 1.84 bits per heavy atom. The van der Waals surface area contributed by atoms with E-state index in [-0.39, 0.29) is 23.6 Å². The first-order valence-electron chi connectivity index (χ1n) is 10.6. The fraction of sp³-hybridized carbons (Fsp3) is 0.333. The van der Waals surface area contributed by atoms with E-state index in [1.165, 1.54) is 0 Å². The predicted octanol–water partition coefficient (Wildman–Crippen LogP) is 2.59. The van der Waals surface area contributed by atoms with Crippen LogP contribution >= 0.6 is 11.6 Å². The van der Waals surface area contributed by atoms with E-state index in [1.54, 1.807) is 41.9 Å². The number of aryl methyl sites for hydroxylation is 1. The molecular weight excluding hydrogens is 430 g/mol. The van der Waals surface area contributed by atoms with Gasteiger partial charge in [-0.1, -0.05) is 29.8 Å². The summed E-state index contributed by atoms with van der Waals surface area (Å²) in [5.74, 6) is -0.170. The molecular formula is C24H26ClN3O4. The third-order valence-corrected chi connectivity index (χ3v) is 6.04. The Hall–Kier alpha value is -2.87. The maximum absolute atomic E-state index is 12.8. The average Bonchev–Trinajstić information content (AvgIpc) is 2.80. The third-order valence-electron chi connectivity index (χ3n) is 5.79. The lowest BCUT2D eigenvalue weighted by molar-refractivity contribution is -0.120. The molecule has 8 heteroatoms. The highest BCUT2D eigenvalue weighted by Crippen LogP contribution is 2.29. The van der Waals surface area contributed by atoms with Crippen LogP contribution in [0.1, 0.15) is 16.7 Å². The molecule has 32 heavy (non-hydrogen) atoms. The molecule has 4 rings (SSSR count). The molecule has 0 bridgehead atoms. The number of hydrogen-bond acceptors (Lipinski definition) is 5. The average molecular weight is 456 g/mol. The lowest BCUT2D eigenvalue weighted by Gasteiger charge is -2.26. The van der Waals surface area contributed by atoms with Gasteiger partial charge in [0, 0.05) is 54.8 Å². The van der Waals surface area contributed by atoms with E-state index in [9.17, 15) is 14.7 Å². The Bertz CT molecular complexity index is 1180. The fourth-order valence-electron chi connectivity index (χ4n) is 3.93. The van der Waals surface area contributed by atoms with Crippen molar-refractivity contribution >= 4 is 28.4 Å². The number of phenolic OH excluding ortho intramolecular Hbond substituents is 1. The molecule has 168 valence electrons. The summed E-state index contributed by atoms with van der Waals surface area (Å²) in [7, 11) is 1.70. The molecule has 0 atom stereocenters. The Morgan fingerprint density at radius 1 is 1.12 bits per heavy atom. The minimum atomic E-state index is -0.201. The molecule has 1 saturated heterocycles. The SMILES string of the molecule is Cn1c(=O)c(CN2CCOCC2)cc2c(O)c(CC(=O)NCc3ccc(Cl)cc3)ccc21. The summed E-state index contributed by atoms with van der Waals surface area (Å²) in [6.07, 6.45) is 0.0387. The van der Waals surface area contributed by atoms with Crippen molar-refractivity contribution < 1.29 is 14.6 Å². The van der Waals surface area contributed by atoms with E-state index < -0.39 is 0 Å². The fourth-order valence-corrected chi connectivity index (χ4v) is 4.06. The summed E-state index contributed by atoms with van der Waals surface area (Å²) in [6, 6.07) is 12.5. The minimum Gasteiger partial charge on any atom is -0.507 e. The number of carbonyl (C=O) groups is 1. The number of benzene rings is 2. The van der Waals surface area contributed by atoms with Gasteiger partial charge in [0.25, 0.3) is 5.56 Å². The molecule has 1 amide bonds. The highest BCUT2D eigenvalue weighted by Gasteiger charge is 2.17. The number of pyridine rings is 1. The van der Waals surface area contributed by atoms with Crippen LogP contribution in [0.2, 0.25) is 5.02 Å². The number of amides is 1. The van der Waals surface area contributed by atoms with Gasteiger partial charge in [-0.05, 0) is 29.8 Å². The number of carbonyl (C=O) groups excluding carboxylic acids is 1. The summed E-state index contributed by atoms with van der Waals surface area (Å²) >= 11 is 5.89. The van der Waals surface area contributed by atoms with Crippen molar-refractivity contribution in [2.24, 2.45) is 7.05 Å². The molecule has 7 nitrogen and oxygen atoms in total. The van der Waals surface area contributed by atoms with Crippen molar-refractivity contribution in [1.29, 1.82) is 0 Å². The maximum Gasteiger partial charge on any atom is 0.255 e. The highest BCUT2D eigenvalue weighted by molar-refractivity contribution is 6.30. The third kappa shape index (κ3) is 4.96. The monoisotopic (exact) mass is 455 g/mol. The summed E-state index contributed by atoms with van der Waals surface area (Å²) in [6.45, 7) is 3.70. The molecule has 1 aromatic heterocycles. The normalized spacial score (nSPS) is 14.6. The van der Waals surface area contributed by atoms with Crippen LogP contribution in [0, 0.1) is 0 Å². The molecule has 1 fully saturated rings. The van der Waals surface area contributed by atoms with Gasteiger partial charge in [0.15, 0.2) is 0 Å². The van der Waals surface area contributed by atoms with Crippen molar-refractivity contribution in [1.82, 2.24) is 14.8 Å². The van der Waals surface area contributed by atoms with Crippen molar-refractivity contribution in [2.45, 2.75) is 19.5 Å². The zero-order chi connectivity index (χ0) is 22.7. The number of aromatic nitrogens is 1. The molecule has 2 aromatic carbocycles. The maximum atomic E-state index is 12.8. The first-order valence-corrected chi connectivity index (χ1v) is 10.9. The van der Waals surface area contributed by atoms with Gasteiger partial charge in [-0.3, -0.25) is 14.5 Å². The van der Waals surface area contributed by atoms with Gasteiger partial charge in [0.05, 0.1) is 25.2 Å². The Morgan fingerprint density at radius 3 is 2.56 bits per heavy atom. The number of nitrogens with zero attached hydrogens (tertiary/aromatic N) is 2. The highest BCUT2D eigenvalue weighted by atomic mass is 35.5. The topological polar surface area (TPSA) is 83.8 Å². The minimum absolute atomic E-state index is 0.0305. The number of rotatable bonds is 6. The number of fused-ring (bicyclic) bond motifs is 1. The summed E-state index contributed by atoms with van der Waals surface area (Å²) in [5.41, 5.74) is 2.61. The van der Waals surface area contributed by atoms with Gasteiger partial charge < -0.3 is 19.7 Å². The number of halogens is 1. The molecule has 0 radical (unpaired) electrons. The van der Waals surface area contributed by atoms with Gasteiger partial charge in [0.1, 0.15) is 5.75 Å². The number of ether oxygens (including phenoxy) is 1. The van der Waals surface area contributed by atoms with E-state index in [0.717, 1.165) is 18.7 Å². The smallest absolute Gasteiger partial charge is 0.255 e. The van der Waals surface area contributed by atoms with Crippen LogP contribution in [0.4, 0.5) is 0 Å². The van der Waals surface area contributed by atoms with Crippen LogP contribution in [0.5, 0.6) is 5.75 Å². The van der Waals surface area contributed by atoms with Gasteiger partial charge >= 0.3 is 0 Å². The number of hydrogen-bond donors (Lipinski definition) is 2. The molecule has 1 aliphatic rings. The summed E-state index contributed by atoms with van der Waals surface area (Å²) < 4.78 is 6.93. The van der Waals surface area contributed by atoms with Gasteiger partial charge in [-0.2, -0.15) is 0 Å². The van der Waals surface area contributed by atoms with Crippen LogP contribution in [0.25, 0.3) is 10.9 Å². The predicted molar refractivity (Wildman–Crippen MR) is 124 cm³/mol. The van der Waals surface area contributed by atoms with Crippen LogP contribution in [-0.4, -0.2) is 46.8 Å². The number of morpholine rings is 1. The lowest BCUT2D eigenvalue weighted by Crippen LogP contribution is -2.37. The Kier molecular flexibility index (Phi) is 6.79. The second-order valence-corrected chi connectivity index (χ2v) is 8.44. The van der Waals surface area contributed by atoms with Crippen LogP contribution in [0.3, 0.4) is 0 Å². The van der Waals surface area contributed by atoms with E-state index in [4.69, 9.17) is 16.3 Å². The first-order chi connectivity index (χ1) is 15.4.